The summed E-state index contributed by atoms with van der Waals surface area (Å²) >= 11 is 5.25. The second-order valence-electron chi connectivity index (χ2n) is 3.93. The second-order valence-corrected chi connectivity index (χ2v) is 4.37. The van der Waals surface area contributed by atoms with Gasteiger partial charge < -0.3 is 10.2 Å². The molecular weight excluding hydrogens is 250 g/mol. The minimum absolute atomic E-state index is 0.0648. The zero-order valence-corrected chi connectivity index (χ0v) is 12.5. The van der Waals surface area contributed by atoms with Gasteiger partial charge in [0.05, 0.1) is 12.3 Å². The molecular formula is C14H26ClNO2. The minimum atomic E-state index is 0.0648. The van der Waals surface area contributed by atoms with Crippen molar-refractivity contribution in [3.8, 4) is 0 Å². The third-order valence-electron chi connectivity index (χ3n) is 2.21. The Hall–Kier alpha value is -0.800. The molecule has 0 aromatic rings. The lowest BCUT2D eigenvalue weighted by Crippen LogP contribution is -2.15. The molecule has 0 atom stereocenters. The highest BCUT2D eigenvalue weighted by atomic mass is 35.5. The number of unbranched alkanes of at least 4 members (excludes halogenated alkanes) is 1. The van der Waals surface area contributed by atoms with Gasteiger partial charge in [0.25, 0.3) is 0 Å². The predicted octanol–water partition coefficient (Wildman–Crippen LogP) is 4.57. The summed E-state index contributed by atoms with van der Waals surface area (Å²) in [7, 11) is 0. The average molecular weight is 276 g/mol. The van der Waals surface area contributed by atoms with E-state index in [9.17, 15) is 0 Å². The molecule has 3 nitrogen and oxygen atoms in total. The van der Waals surface area contributed by atoms with Crippen LogP contribution in [0.2, 0.25) is 0 Å². The summed E-state index contributed by atoms with van der Waals surface area (Å²) in [6.45, 7) is 9.34. The highest BCUT2D eigenvalue weighted by molar-refractivity contribution is 6.29. The molecule has 1 fully saturated rings. The quantitative estimate of drug-likeness (QED) is 0.450. The number of nitrogens with zero attached hydrogens (tertiary/aromatic N) is 1. The van der Waals surface area contributed by atoms with Gasteiger partial charge >= 0.3 is 0 Å². The van der Waals surface area contributed by atoms with Gasteiger partial charge in [-0.05, 0) is 32.3 Å². The fraction of sp³-hybridized carbons (Fsp3) is 0.643. The molecule has 0 spiro atoms. The van der Waals surface area contributed by atoms with Crippen LogP contribution >= 0.6 is 11.6 Å². The van der Waals surface area contributed by atoms with Crippen LogP contribution in [0.5, 0.6) is 0 Å². The maximum atomic E-state index is 8.72. The number of hydrogen-bond acceptors (Lipinski definition) is 3. The third kappa shape index (κ3) is 17.6. The number of allylic oxidation sites excluding steroid dienone is 2. The molecule has 0 bridgehead atoms. The number of aliphatic imine (C=N–C) groups is 1. The van der Waals surface area contributed by atoms with Crippen molar-refractivity contribution < 1.29 is 10.2 Å². The maximum absolute atomic E-state index is 8.72. The lowest BCUT2D eigenvalue weighted by molar-refractivity contribution is 0.0950. The Kier molecular flexibility index (Phi) is 15.5. The van der Waals surface area contributed by atoms with Crippen LogP contribution in [0.1, 0.15) is 52.9 Å². The Bertz CT molecular complexity index is 257. The van der Waals surface area contributed by atoms with Crippen molar-refractivity contribution in [3.05, 3.63) is 23.6 Å². The number of halogens is 1. The standard InChI is InChI=1S/C6H8ClNO.C4H8O.C4H10/c1-3-6(9)4-8-5(2)7;5-4-2-1-3-4;1-3-4-2/h3-4,9H,2H2,1H3;4-5H,1-3H2;3-4H2,1-2H3/b6-3+,8-4-;;. The highest BCUT2D eigenvalue weighted by Crippen LogP contribution is 2.16. The van der Waals surface area contributed by atoms with Crippen LogP contribution < -0.4 is 0 Å². The first kappa shape index (κ1) is 19.5. The van der Waals surface area contributed by atoms with E-state index >= 15 is 0 Å². The molecule has 0 radical (unpaired) electrons. The summed E-state index contributed by atoms with van der Waals surface area (Å²) < 4.78 is 0. The van der Waals surface area contributed by atoms with Gasteiger partial charge in [-0.15, -0.1) is 0 Å². The molecule has 0 aliphatic heterocycles. The molecule has 0 aromatic heterocycles. The van der Waals surface area contributed by atoms with Crippen molar-refractivity contribution in [2.75, 3.05) is 0 Å². The summed E-state index contributed by atoms with van der Waals surface area (Å²) in [4.78, 5) is 3.52. The van der Waals surface area contributed by atoms with Gasteiger partial charge in [0.2, 0.25) is 0 Å². The number of aliphatic hydroxyl groups excluding tert-OH is 2. The van der Waals surface area contributed by atoms with Crippen molar-refractivity contribution in [2.24, 2.45) is 4.99 Å². The molecule has 1 aliphatic carbocycles. The fourth-order valence-electron chi connectivity index (χ4n) is 0.597. The molecule has 1 rings (SSSR count). The zero-order chi connectivity index (χ0) is 14.4. The Morgan fingerprint density at radius 1 is 1.39 bits per heavy atom. The maximum Gasteiger partial charge on any atom is 0.129 e. The third-order valence-corrected chi connectivity index (χ3v) is 2.30. The van der Waals surface area contributed by atoms with E-state index < -0.39 is 0 Å². The van der Waals surface area contributed by atoms with Crippen LogP contribution in [-0.2, 0) is 0 Å². The van der Waals surface area contributed by atoms with Crippen molar-refractivity contribution in [2.45, 2.75) is 59.0 Å². The largest absolute Gasteiger partial charge is 0.507 e. The van der Waals surface area contributed by atoms with Gasteiger partial charge in [0, 0.05) is 0 Å². The molecule has 4 heteroatoms. The minimum Gasteiger partial charge on any atom is -0.507 e. The van der Waals surface area contributed by atoms with Crippen LogP contribution in [0.4, 0.5) is 0 Å². The van der Waals surface area contributed by atoms with Gasteiger partial charge in [-0.25, -0.2) is 4.99 Å². The van der Waals surface area contributed by atoms with E-state index in [0.29, 0.717) is 0 Å². The Balaban J connectivity index is 0. The van der Waals surface area contributed by atoms with Crippen molar-refractivity contribution in [1.29, 1.82) is 0 Å². The van der Waals surface area contributed by atoms with Gasteiger partial charge in [0.15, 0.2) is 0 Å². The van der Waals surface area contributed by atoms with Crippen LogP contribution in [0.15, 0.2) is 28.6 Å². The monoisotopic (exact) mass is 275 g/mol. The summed E-state index contributed by atoms with van der Waals surface area (Å²) in [6, 6.07) is 0. The van der Waals surface area contributed by atoms with Crippen molar-refractivity contribution in [3.63, 3.8) is 0 Å². The molecule has 0 saturated heterocycles. The molecule has 18 heavy (non-hydrogen) atoms. The molecule has 106 valence electrons. The van der Waals surface area contributed by atoms with Crippen LogP contribution in [0, 0.1) is 0 Å². The summed E-state index contributed by atoms with van der Waals surface area (Å²) in [6.07, 6.45) is 8.76. The Morgan fingerprint density at radius 3 is 2.00 bits per heavy atom. The molecule has 2 N–H and O–H groups in total. The van der Waals surface area contributed by atoms with E-state index in [1.165, 1.54) is 31.6 Å². The summed E-state index contributed by atoms with van der Waals surface area (Å²) in [5.41, 5.74) is 0. The number of aliphatic hydroxyl groups is 2. The molecule has 0 heterocycles. The molecule has 1 aliphatic rings. The van der Waals surface area contributed by atoms with E-state index in [1.807, 2.05) is 0 Å². The second kappa shape index (κ2) is 14.3. The highest BCUT2D eigenvalue weighted by Gasteiger charge is 2.11. The lowest BCUT2D eigenvalue weighted by atomic mass is 9.97. The summed E-state index contributed by atoms with van der Waals surface area (Å²) in [5.74, 6) is 0.0804. The van der Waals surface area contributed by atoms with E-state index in [0.717, 1.165) is 12.8 Å². The normalized spacial score (nSPS) is 15.1. The smallest absolute Gasteiger partial charge is 0.129 e. The molecule has 0 unspecified atom stereocenters. The lowest BCUT2D eigenvalue weighted by Gasteiger charge is -2.17. The van der Waals surface area contributed by atoms with E-state index in [4.69, 9.17) is 21.8 Å². The first-order chi connectivity index (χ1) is 8.47. The van der Waals surface area contributed by atoms with Gasteiger partial charge in [-0.2, -0.15) is 0 Å². The first-order valence-electron chi connectivity index (χ1n) is 6.39. The topological polar surface area (TPSA) is 52.8 Å². The van der Waals surface area contributed by atoms with Crippen LogP contribution in [0.3, 0.4) is 0 Å². The van der Waals surface area contributed by atoms with E-state index in [1.54, 1.807) is 6.92 Å². The number of rotatable bonds is 3. The first-order valence-corrected chi connectivity index (χ1v) is 6.77. The molecule has 1 saturated carbocycles. The average Bonchev–Trinajstić information content (AvgIpc) is 2.34. The van der Waals surface area contributed by atoms with E-state index in [-0.39, 0.29) is 17.0 Å². The SMILES string of the molecule is C=C(Cl)/N=C\C(O)=C/C.CCCC.OC1CCC1. The van der Waals surface area contributed by atoms with Gasteiger partial charge in [0.1, 0.15) is 10.9 Å². The summed E-state index contributed by atoms with van der Waals surface area (Å²) in [5, 5.41) is 17.3. The molecule has 0 aromatic carbocycles. The zero-order valence-electron chi connectivity index (χ0n) is 11.7. The van der Waals surface area contributed by atoms with Crippen molar-refractivity contribution >= 4 is 17.8 Å². The Morgan fingerprint density at radius 2 is 1.83 bits per heavy atom. The van der Waals surface area contributed by atoms with Crippen molar-refractivity contribution in [1.82, 2.24) is 0 Å². The molecule has 0 amide bonds. The van der Waals surface area contributed by atoms with Crippen LogP contribution in [0.25, 0.3) is 0 Å². The van der Waals surface area contributed by atoms with Crippen LogP contribution in [-0.4, -0.2) is 22.5 Å². The predicted molar refractivity (Wildman–Crippen MR) is 80.3 cm³/mol. The Labute approximate surface area is 116 Å². The fourth-order valence-corrected chi connectivity index (χ4v) is 0.646. The van der Waals surface area contributed by atoms with E-state index in [2.05, 4.69) is 25.4 Å². The van der Waals surface area contributed by atoms with Gasteiger partial charge in [-0.1, -0.05) is 44.9 Å². The number of hydrogen-bond donors (Lipinski definition) is 2. The van der Waals surface area contributed by atoms with Gasteiger partial charge in [-0.3, -0.25) is 0 Å².